The van der Waals surface area contributed by atoms with E-state index in [1.807, 2.05) is 12.1 Å². The van der Waals surface area contributed by atoms with Gasteiger partial charge in [-0.3, -0.25) is 5.32 Å². The molecule has 0 bridgehead atoms. The third kappa shape index (κ3) is 4.06. The summed E-state index contributed by atoms with van der Waals surface area (Å²) in [6, 6.07) is 5.59. The van der Waals surface area contributed by atoms with Gasteiger partial charge >= 0.3 is 0 Å². The summed E-state index contributed by atoms with van der Waals surface area (Å²) in [7, 11) is 0. The van der Waals surface area contributed by atoms with Crippen molar-refractivity contribution in [3.8, 4) is 12.3 Å². The van der Waals surface area contributed by atoms with Crippen molar-refractivity contribution in [2.45, 2.75) is 32.4 Å². The van der Waals surface area contributed by atoms with E-state index in [0.717, 1.165) is 18.4 Å². The van der Waals surface area contributed by atoms with Crippen molar-refractivity contribution < 1.29 is 0 Å². The monoisotopic (exact) mass is 255 g/mol. The summed E-state index contributed by atoms with van der Waals surface area (Å²) in [5.74, 6) is 2.72. The summed E-state index contributed by atoms with van der Waals surface area (Å²) in [6.07, 6.45) is 7.46. The van der Waals surface area contributed by atoms with Gasteiger partial charge in [0.2, 0.25) is 0 Å². The highest BCUT2D eigenvalue weighted by atomic mass is 35.5. The molecule has 3 heteroatoms. The van der Waals surface area contributed by atoms with Crippen LogP contribution in [0.2, 0.25) is 10.0 Å². The highest BCUT2D eigenvalue weighted by Crippen LogP contribution is 2.20. The molecule has 0 saturated heterocycles. The first-order chi connectivity index (χ1) is 7.67. The van der Waals surface area contributed by atoms with Gasteiger partial charge in [-0.2, -0.15) is 0 Å². The van der Waals surface area contributed by atoms with Crippen molar-refractivity contribution in [1.82, 2.24) is 5.32 Å². The van der Waals surface area contributed by atoms with Crippen molar-refractivity contribution in [2.75, 3.05) is 0 Å². The lowest BCUT2D eigenvalue weighted by Crippen LogP contribution is -2.26. The van der Waals surface area contributed by atoms with Gasteiger partial charge in [-0.1, -0.05) is 48.5 Å². The molecule has 0 saturated carbocycles. The minimum absolute atomic E-state index is 0.108. The largest absolute Gasteiger partial charge is 0.300 e. The zero-order valence-corrected chi connectivity index (χ0v) is 10.8. The Labute approximate surface area is 107 Å². The maximum absolute atomic E-state index is 6.06. The summed E-state index contributed by atoms with van der Waals surface area (Å²) in [6.45, 7) is 2.78. The van der Waals surface area contributed by atoms with Gasteiger partial charge in [0.1, 0.15) is 0 Å². The van der Waals surface area contributed by atoms with E-state index in [1.54, 1.807) is 6.07 Å². The summed E-state index contributed by atoms with van der Waals surface area (Å²) in [5, 5.41) is 4.61. The molecule has 1 atom stereocenters. The number of halogens is 2. The third-order valence-electron chi connectivity index (χ3n) is 2.33. The number of benzene rings is 1. The van der Waals surface area contributed by atoms with Crippen molar-refractivity contribution >= 4 is 23.2 Å². The van der Waals surface area contributed by atoms with E-state index in [4.69, 9.17) is 29.6 Å². The summed E-state index contributed by atoms with van der Waals surface area (Å²) >= 11 is 11.9. The van der Waals surface area contributed by atoms with Gasteiger partial charge in [-0.15, -0.1) is 6.42 Å². The van der Waals surface area contributed by atoms with Crippen molar-refractivity contribution in [3.05, 3.63) is 33.8 Å². The Balaban J connectivity index is 2.57. The van der Waals surface area contributed by atoms with E-state index in [0.29, 0.717) is 16.6 Å². The number of nitrogens with one attached hydrogen (secondary N) is 1. The molecule has 0 aliphatic carbocycles. The van der Waals surface area contributed by atoms with Crippen LogP contribution in [0.5, 0.6) is 0 Å². The molecule has 1 aromatic carbocycles. The lowest BCUT2D eigenvalue weighted by Gasteiger charge is -2.12. The van der Waals surface area contributed by atoms with Crippen LogP contribution in [0.15, 0.2) is 18.2 Å². The van der Waals surface area contributed by atoms with Gasteiger partial charge in [0.05, 0.1) is 6.04 Å². The number of hydrogen-bond donors (Lipinski definition) is 1. The predicted molar refractivity (Wildman–Crippen MR) is 70.8 cm³/mol. The molecule has 0 fully saturated rings. The van der Waals surface area contributed by atoms with Crippen LogP contribution in [0.4, 0.5) is 0 Å². The first-order valence-electron chi connectivity index (χ1n) is 5.30. The first kappa shape index (κ1) is 13.4. The zero-order valence-electron chi connectivity index (χ0n) is 9.26. The summed E-state index contributed by atoms with van der Waals surface area (Å²) in [4.78, 5) is 0. The Kier molecular flexibility index (Phi) is 5.69. The standard InChI is InChI=1S/C13H15Cl2N/c1-3-5-12(4-2)16-9-10-6-7-11(14)8-13(10)15/h2,6-8,12,16H,3,5,9H2,1H3. The van der Waals surface area contributed by atoms with Gasteiger partial charge in [0.25, 0.3) is 0 Å². The summed E-state index contributed by atoms with van der Waals surface area (Å²) < 4.78 is 0. The van der Waals surface area contributed by atoms with Crippen molar-refractivity contribution in [2.24, 2.45) is 0 Å². The molecule has 0 amide bonds. The van der Waals surface area contributed by atoms with Crippen LogP contribution in [0, 0.1) is 12.3 Å². The van der Waals surface area contributed by atoms with Crippen LogP contribution in [0.1, 0.15) is 25.3 Å². The van der Waals surface area contributed by atoms with E-state index < -0.39 is 0 Å². The highest BCUT2D eigenvalue weighted by molar-refractivity contribution is 6.35. The molecule has 1 unspecified atom stereocenters. The Bertz CT molecular complexity index is 382. The number of hydrogen-bond acceptors (Lipinski definition) is 1. The Hall–Kier alpha value is -0.680. The second-order valence-electron chi connectivity index (χ2n) is 3.62. The molecule has 0 radical (unpaired) electrons. The molecule has 0 spiro atoms. The maximum Gasteiger partial charge on any atom is 0.0689 e. The van der Waals surface area contributed by atoms with Crippen LogP contribution in [-0.2, 0) is 6.54 Å². The fourth-order valence-corrected chi connectivity index (χ4v) is 1.91. The van der Waals surface area contributed by atoms with Crippen molar-refractivity contribution in [1.29, 1.82) is 0 Å². The SMILES string of the molecule is C#CC(CCC)NCc1ccc(Cl)cc1Cl. The third-order valence-corrected chi connectivity index (χ3v) is 2.92. The molecule has 0 aliphatic heterocycles. The Morgan fingerprint density at radius 1 is 1.44 bits per heavy atom. The summed E-state index contributed by atoms with van der Waals surface area (Å²) in [5.41, 5.74) is 1.02. The molecule has 0 heterocycles. The predicted octanol–water partition coefficient (Wildman–Crippen LogP) is 3.88. The van der Waals surface area contributed by atoms with E-state index >= 15 is 0 Å². The molecule has 86 valence electrons. The Morgan fingerprint density at radius 3 is 2.75 bits per heavy atom. The fraction of sp³-hybridized carbons (Fsp3) is 0.385. The second-order valence-corrected chi connectivity index (χ2v) is 4.47. The smallest absolute Gasteiger partial charge is 0.0689 e. The van der Waals surface area contributed by atoms with E-state index in [-0.39, 0.29) is 6.04 Å². The molecule has 0 aromatic heterocycles. The Morgan fingerprint density at radius 2 is 2.19 bits per heavy atom. The average Bonchev–Trinajstić information content (AvgIpc) is 2.26. The minimum Gasteiger partial charge on any atom is -0.300 e. The highest BCUT2D eigenvalue weighted by Gasteiger charge is 2.05. The van der Waals surface area contributed by atoms with Crippen LogP contribution in [0.25, 0.3) is 0 Å². The van der Waals surface area contributed by atoms with Crippen LogP contribution in [-0.4, -0.2) is 6.04 Å². The fourth-order valence-electron chi connectivity index (χ4n) is 1.43. The minimum atomic E-state index is 0.108. The number of rotatable bonds is 5. The first-order valence-corrected chi connectivity index (χ1v) is 6.06. The van der Waals surface area contributed by atoms with Crippen LogP contribution in [0.3, 0.4) is 0 Å². The van der Waals surface area contributed by atoms with E-state index in [2.05, 4.69) is 18.2 Å². The van der Waals surface area contributed by atoms with Crippen LogP contribution < -0.4 is 5.32 Å². The van der Waals surface area contributed by atoms with Crippen molar-refractivity contribution in [3.63, 3.8) is 0 Å². The topological polar surface area (TPSA) is 12.0 Å². The van der Waals surface area contributed by atoms with Gasteiger partial charge in [0, 0.05) is 16.6 Å². The average molecular weight is 256 g/mol. The molecular weight excluding hydrogens is 241 g/mol. The van der Waals surface area contributed by atoms with Gasteiger partial charge in [-0.25, -0.2) is 0 Å². The second kappa shape index (κ2) is 6.81. The number of terminal acetylenes is 1. The van der Waals surface area contributed by atoms with Gasteiger partial charge < -0.3 is 0 Å². The van der Waals surface area contributed by atoms with E-state index in [1.165, 1.54) is 0 Å². The molecule has 1 rings (SSSR count). The normalized spacial score (nSPS) is 12.1. The van der Waals surface area contributed by atoms with Crippen LogP contribution >= 0.6 is 23.2 Å². The lowest BCUT2D eigenvalue weighted by atomic mass is 10.1. The quantitative estimate of drug-likeness (QED) is 0.788. The maximum atomic E-state index is 6.06. The zero-order chi connectivity index (χ0) is 12.0. The molecular formula is C13H15Cl2N. The van der Waals surface area contributed by atoms with Gasteiger partial charge in [0.15, 0.2) is 0 Å². The molecule has 1 nitrogen and oxygen atoms in total. The van der Waals surface area contributed by atoms with E-state index in [9.17, 15) is 0 Å². The molecule has 1 aromatic rings. The molecule has 0 aliphatic rings. The lowest BCUT2D eigenvalue weighted by molar-refractivity contribution is 0.563. The van der Waals surface area contributed by atoms with Gasteiger partial charge in [-0.05, 0) is 24.1 Å². The molecule has 1 N–H and O–H groups in total. The molecule has 16 heavy (non-hydrogen) atoms.